The molecule has 2 saturated heterocycles. The predicted octanol–water partition coefficient (Wildman–Crippen LogP) is 2.44. The lowest BCUT2D eigenvalue weighted by molar-refractivity contribution is -0.183. The van der Waals surface area contributed by atoms with Crippen LogP contribution in [0.2, 0.25) is 5.02 Å². The molecule has 2 fully saturated rings. The lowest BCUT2D eigenvalue weighted by atomic mass is 9.98. The number of halogens is 1. The van der Waals surface area contributed by atoms with Gasteiger partial charge in [-0.1, -0.05) is 11.6 Å². The van der Waals surface area contributed by atoms with E-state index in [1.807, 2.05) is 46.4 Å². The number of aromatic nitrogens is 4. The third kappa shape index (κ3) is 4.77. The number of hydrogen-bond acceptors (Lipinski definition) is 8. The standard InChI is InChI=1S/C23H32ClN5O5/c1-13-10-28(20(31)27-17(13)30)18-15-16(33-22(5,6)7)23(34-18,12-32-21(2,3)4)11-29(15)19-25-8-14(24)9-26-19/h8-10,15-16,18H,11-12H2,1-7H3,(H,27,30,31)/t15-,16+,18-,23-/m1/s1. The smallest absolute Gasteiger partial charge is 0.330 e. The molecule has 0 spiro atoms. The van der Waals surface area contributed by atoms with E-state index < -0.39 is 46.4 Å². The number of nitrogens with one attached hydrogen (secondary N) is 1. The molecule has 2 bridgehead atoms. The largest absolute Gasteiger partial charge is 0.373 e. The molecular weight excluding hydrogens is 462 g/mol. The topological polar surface area (TPSA) is 112 Å². The molecule has 2 aliphatic heterocycles. The van der Waals surface area contributed by atoms with E-state index in [0.717, 1.165) is 0 Å². The summed E-state index contributed by atoms with van der Waals surface area (Å²) < 4.78 is 20.8. The Bertz CT molecular complexity index is 1170. The number of anilines is 1. The number of nitrogens with zero attached hydrogens (tertiary/aromatic N) is 4. The number of fused-ring (bicyclic) bond motifs is 2. The third-order valence-electron chi connectivity index (χ3n) is 5.79. The van der Waals surface area contributed by atoms with Crippen molar-refractivity contribution in [2.45, 2.75) is 83.6 Å². The van der Waals surface area contributed by atoms with Crippen molar-refractivity contribution in [1.29, 1.82) is 0 Å². The first-order chi connectivity index (χ1) is 15.7. The number of aromatic amines is 1. The molecule has 4 atom stereocenters. The van der Waals surface area contributed by atoms with E-state index in [9.17, 15) is 9.59 Å². The van der Waals surface area contributed by atoms with E-state index in [0.29, 0.717) is 23.1 Å². The molecule has 11 heteroatoms. The number of ether oxygens (including phenoxy) is 3. The molecule has 2 aromatic rings. The van der Waals surface area contributed by atoms with Gasteiger partial charge >= 0.3 is 5.69 Å². The Morgan fingerprint density at radius 1 is 1.18 bits per heavy atom. The highest BCUT2D eigenvalue weighted by molar-refractivity contribution is 6.30. The van der Waals surface area contributed by atoms with E-state index in [1.165, 1.54) is 23.2 Å². The zero-order valence-electron chi connectivity index (χ0n) is 20.6. The summed E-state index contributed by atoms with van der Waals surface area (Å²) in [6.45, 7) is 14.1. The van der Waals surface area contributed by atoms with Crippen LogP contribution in [-0.2, 0) is 14.2 Å². The quantitative estimate of drug-likeness (QED) is 0.676. The average molecular weight is 494 g/mol. The van der Waals surface area contributed by atoms with Crippen molar-refractivity contribution < 1.29 is 14.2 Å². The first kappa shape index (κ1) is 24.8. The second-order valence-corrected chi connectivity index (χ2v) is 11.4. The van der Waals surface area contributed by atoms with Crippen LogP contribution in [-0.4, -0.2) is 61.6 Å². The molecule has 186 valence electrons. The van der Waals surface area contributed by atoms with E-state index in [4.69, 9.17) is 25.8 Å². The number of rotatable bonds is 5. The molecule has 10 nitrogen and oxygen atoms in total. The monoisotopic (exact) mass is 493 g/mol. The first-order valence-corrected chi connectivity index (χ1v) is 11.6. The Balaban J connectivity index is 1.85. The van der Waals surface area contributed by atoms with Gasteiger partial charge in [0.05, 0.1) is 41.8 Å². The van der Waals surface area contributed by atoms with Crippen molar-refractivity contribution in [2.24, 2.45) is 0 Å². The van der Waals surface area contributed by atoms with Gasteiger partial charge in [-0.25, -0.2) is 14.8 Å². The maximum atomic E-state index is 12.8. The molecule has 4 heterocycles. The molecule has 0 unspecified atom stereocenters. The molecule has 0 amide bonds. The summed E-state index contributed by atoms with van der Waals surface area (Å²) >= 11 is 6.03. The Kier molecular flexibility index (Phi) is 6.17. The van der Waals surface area contributed by atoms with Gasteiger partial charge in [-0.05, 0) is 48.5 Å². The van der Waals surface area contributed by atoms with Crippen LogP contribution in [0.15, 0.2) is 28.2 Å². The van der Waals surface area contributed by atoms with E-state index >= 15 is 0 Å². The summed E-state index contributed by atoms with van der Waals surface area (Å²) in [7, 11) is 0. The summed E-state index contributed by atoms with van der Waals surface area (Å²) in [5.41, 5.74) is -2.44. The van der Waals surface area contributed by atoms with E-state index in [2.05, 4.69) is 15.0 Å². The zero-order valence-corrected chi connectivity index (χ0v) is 21.3. The van der Waals surface area contributed by atoms with Crippen molar-refractivity contribution in [2.75, 3.05) is 18.1 Å². The Morgan fingerprint density at radius 3 is 2.41 bits per heavy atom. The summed E-state index contributed by atoms with van der Waals surface area (Å²) in [5, 5.41) is 0.418. The minimum absolute atomic E-state index is 0.228. The van der Waals surface area contributed by atoms with Crippen molar-refractivity contribution in [3.05, 3.63) is 50.0 Å². The van der Waals surface area contributed by atoms with Crippen molar-refractivity contribution in [1.82, 2.24) is 19.5 Å². The minimum Gasteiger partial charge on any atom is -0.373 e. The molecule has 0 saturated carbocycles. The molecule has 2 aromatic heterocycles. The summed E-state index contributed by atoms with van der Waals surface area (Å²) in [5.74, 6) is 0.442. The van der Waals surface area contributed by atoms with Gasteiger partial charge in [0.15, 0.2) is 6.23 Å². The predicted molar refractivity (Wildman–Crippen MR) is 127 cm³/mol. The van der Waals surface area contributed by atoms with Crippen LogP contribution in [0, 0.1) is 6.92 Å². The maximum absolute atomic E-state index is 12.8. The summed E-state index contributed by atoms with van der Waals surface area (Å²) in [6, 6.07) is -0.466. The van der Waals surface area contributed by atoms with Gasteiger partial charge in [-0.15, -0.1) is 0 Å². The van der Waals surface area contributed by atoms with Crippen LogP contribution in [0.5, 0.6) is 0 Å². The lowest BCUT2D eigenvalue weighted by Crippen LogP contribution is -2.52. The van der Waals surface area contributed by atoms with Gasteiger partial charge in [0, 0.05) is 11.8 Å². The van der Waals surface area contributed by atoms with Crippen LogP contribution in [0.3, 0.4) is 0 Å². The Morgan fingerprint density at radius 2 is 1.82 bits per heavy atom. The van der Waals surface area contributed by atoms with Gasteiger partial charge in [0.2, 0.25) is 5.95 Å². The second-order valence-electron chi connectivity index (χ2n) is 10.9. The maximum Gasteiger partial charge on any atom is 0.330 e. The minimum atomic E-state index is -0.914. The Hall–Kier alpha value is -2.27. The lowest BCUT2D eigenvalue weighted by Gasteiger charge is -2.38. The fourth-order valence-electron chi connectivity index (χ4n) is 4.39. The van der Waals surface area contributed by atoms with Gasteiger partial charge in [-0.2, -0.15) is 0 Å². The zero-order chi connectivity index (χ0) is 25.1. The van der Waals surface area contributed by atoms with Gasteiger partial charge < -0.3 is 19.1 Å². The Labute approximate surface area is 203 Å². The number of hydrogen-bond donors (Lipinski definition) is 1. The fraction of sp³-hybridized carbons (Fsp3) is 0.652. The fourth-order valence-corrected chi connectivity index (χ4v) is 4.49. The number of H-pyrrole nitrogens is 1. The second kappa shape index (κ2) is 8.44. The molecule has 0 aliphatic carbocycles. The molecule has 2 aliphatic rings. The summed E-state index contributed by atoms with van der Waals surface area (Å²) in [6.07, 6.45) is 3.32. The highest BCUT2D eigenvalue weighted by Gasteiger charge is 2.67. The average Bonchev–Trinajstić information content (AvgIpc) is 3.17. The van der Waals surface area contributed by atoms with E-state index in [-0.39, 0.29) is 6.61 Å². The normalized spacial score (nSPS) is 26.9. The highest BCUT2D eigenvalue weighted by Crippen LogP contribution is 2.50. The van der Waals surface area contributed by atoms with Gasteiger partial charge in [0.25, 0.3) is 5.56 Å². The highest BCUT2D eigenvalue weighted by atomic mass is 35.5. The third-order valence-corrected chi connectivity index (χ3v) is 5.98. The van der Waals surface area contributed by atoms with E-state index in [1.54, 1.807) is 6.92 Å². The molecule has 4 rings (SSSR count). The van der Waals surface area contributed by atoms with Crippen LogP contribution >= 0.6 is 11.6 Å². The van der Waals surface area contributed by atoms with Crippen LogP contribution in [0.25, 0.3) is 0 Å². The SMILES string of the molecule is Cc1cn([C@@H]2O[C@@]3(COC(C)(C)C)CN(c4ncc(Cl)cn4)[C@@H]2[C@@H]3OC(C)(C)C)c(=O)[nH]c1=O. The van der Waals surface area contributed by atoms with Crippen molar-refractivity contribution in [3.8, 4) is 0 Å². The molecule has 1 N–H and O–H groups in total. The van der Waals surface area contributed by atoms with Crippen molar-refractivity contribution >= 4 is 17.5 Å². The molecule has 0 radical (unpaired) electrons. The number of morpholine rings is 1. The molecular formula is C23H32ClN5O5. The molecule has 34 heavy (non-hydrogen) atoms. The number of aryl methyl sites for hydroxylation is 1. The molecule has 0 aromatic carbocycles. The van der Waals surface area contributed by atoms with Crippen molar-refractivity contribution in [3.63, 3.8) is 0 Å². The summed E-state index contributed by atoms with van der Waals surface area (Å²) in [4.78, 5) is 38.0. The van der Waals surface area contributed by atoms with Crippen LogP contribution in [0.4, 0.5) is 5.95 Å². The van der Waals surface area contributed by atoms with Crippen LogP contribution < -0.4 is 16.1 Å². The first-order valence-electron chi connectivity index (χ1n) is 11.2. The van der Waals surface area contributed by atoms with Gasteiger partial charge in [0.1, 0.15) is 17.7 Å². The van der Waals surface area contributed by atoms with Crippen LogP contribution in [0.1, 0.15) is 53.3 Å². The van der Waals surface area contributed by atoms with Gasteiger partial charge in [-0.3, -0.25) is 14.3 Å².